The van der Waals surface area contributed by atoms with Crippen LogP contribution in [0.4, 0.5) is 5.69 Å². The summed E-state index contributed by atoms with van der Waals surface area (Å²) in [6.07, 6.45) is 4.18. The van der Waals surface area contributed by atoms with E-state index in [0.717, 1.165) is 22.8 Å². The fourth-order valence-electron chi connectivity index (χ4n) is 4.58. The summed E-state index contributed by atoms with van der Waals surface area (Å²) in [7, 11) is 0. The van der Waals surface area contributed by atoms with E-state index in [1.807, 2.05) is 48.5 Å². The third-order valence-corrected chi connectivity index (χ3v) is 6.55. The van der Waals surface area contributed by atoms with Gasteiger partial charge in [0.2, 0.25) is 5.91 Å². The number of aryl methyl sites for hydroxylation is 1. The number of aromatic nitrogens is 2. The van der Waals surface area contributed by atoms with Gasteiger partial charge in [-0.2, -0.15) is 0 Å². The number of para-hydroxylation sites is 1. The molecule has 2 N–H and O–H groups in total. The minimum Gasteiger partial charge on any atom is -0.352 e. The zero-order valence-corrected chi connectivity index (χ0v) is 20.3. The molecule has 2 aromatic carbocycles. The highest BCUT2D eigenvalue weighted by molar-refractivity contribution is 7.80. The molecule has 3 heterocycles. The van der Waals surface area contributed by atoms with Crippen LogP contribution in [0.5, 0.6) is 0 Å². The zero-order chi connectivity index (χ0) is 24.2. The normalized spacial score (nSPS) is 17.3. The van der Waals surface area contributed by atoms with Gasteiger partial charge in [0.25, 0.3) is 0 Å². The molecule has 7 heteroatoms. The van der Waals surface area contributed by atoms with E-state index in [9.17, 15) is 4.79 Å². The summed E-state index contributed by atoms with van der Waals surface area (Å²) in [6, 6.07) is 27.7. The molecular weight excluding hydrogens is 454 g/mol. The first-order chi connectivity index (χ1) is 17.1. The average Bonchev–Trinajstić information content (AvgIpc) is 3.48. The number of hydrogen-bond donors (Lipinski definition) is 2. The van der Waals surface area contributed by atoms with Crippen molar-refractivity contribution in [2.45, 2.75) is 25.4 Å². The van der Waals surface area contributed by atoms with Gasteiger partial charge in [0, 0.05) is 42.4 Å². The van der Waals surface area contributed by atoms with Crippen LogP contribution in [-0.4, -0.2) is 32.0 Å². The summed E-state index contributed by atoms with van der Waals surface area (Å²) >= 11 is 5.78. The van der Waals surface area contributed by atoms with Gasteiger partial charge in [-0.25, -0.2) is 0 Å². The lowest BCUT2D eigenvalue weighted by molar-refractivity contribution is -0.116. The van der Waals surface area contributed by atoms with Crippen LogP contribution in [0, 0.1) is 6.92 Å². The number of carbonyl (C=O) groups is 1. The Morgan fingerprint density at radius 2 is 1.86 bits per heavy atom. The van der Waals surface area contributed by atoms with Gasteiger partial charge in [0.15, 0.2) is 5.11 Å². The summed E-state index contributed by atoms with van der Waals surface area (Å²) in [5, 5.41) is 7.06. The van der Waals surface area contributed by atoms with Crippen LogP contribution in [0.1, 0.15) is 35.5 Å². The maximum Gasteiger partial charge on any atom is 0.226 e. The van der Waals surface area contributed by atoms with Gasteiger partial charge in [-0.15, -0.1) is 0 Å². The molecule has 1 fully saturated rings. The summed E-state index contributed by atoms with van der Waals surface area (Å²) in [4.78, 5) is 19.5. The van der Waals surface area contributed by atoms with Gasteiger partial charge >= 0.3 is 0 Å². The van der Waals surface area contributed by atoms with E-state index in [0.29, 0.717) is 18.1 Å². The Kier molecular flexibility index (Phi) is 6.59. The van der Waals surface area contributed by atoms with E-state index in [1.165, 1.54) is 5.56 Å². The molecule has 1 aliphatic heterocycles. The number of amides is 1. The monoisotopic (exact) mass is 481 g/mol. The van der Waals surface area contributed by atoms with Gasteiger partial charge in [-0.05, 0) is 73.2 Å². The van der Waals surface area contributed by atoms with Gasteiger partial charge in [0.05, 0.1) is 17.8 Å². The van der Waals surface area contributed by atoms with Gasteiger partial charge in [0.1, 0.15) is 0 Å². The number of carbonyl (C=O) groups excluding carboxylic acids is 1. The molecule has 4 aromatic rings. The molecule has 5 rings (SSSR count). The number of pyridine rings is 1. The molecule has 176 valence electrons. The second kappa shape index (κ2) is 10.1. The lowest BCUT2D eigenvalue weighted by Gasteiger charge is -2.29. The predicted octanol–water partition coefficient (Wildman–Crippen LogP) is 5.18. The first-order valence-corrected chi connectivity index (χ1v) is 12.1. The Morgan fingerprint density at radius 1 is 1.03 bits per heavy atom. The second-order valence-electron chi connectivity index (χ2n) is 8.63. The van der Waals surface area contributed by atoms with E-state index in [4.69, 9.17) is 12.2 Å². The molecule has 0 saturated carbocycles. The molecule has 1 aliphatic rings. The van der Waals surface area contributed by atoms with Crippen molar-refractivity contribution in [3.05, 3.63) is 114 Å². The lowest BCUT2D eigenvalue weighted by Crippen LogP contribution is -2.33. The van der Waals surface area contributed by atoms with Crippen molar-refractivity contribution in [2.24, 2.45) is 0 Å². The number of rotatable bonds is 7. The van der Waals surface area contributed by atoms with Crippen LogP contribution in [-0.2, 0) is 4.79 Å². The summed E-state index contributed by atoms with van der Waals surface area (Å²) < 4.78 is 2.19. The molecule has 0 unspecified atom stereocenters. The van der Waals surface area contributed by atoms with Crippen molar-refractivity contribution in [1.29, 1.82) is 0 Å². The zero-order valence-electron chi connectivity index (χ0n) is 19.5. The molecular formula is C28H27N5OS. The van der Waals surface area contributed by atoms with E-state index < -0.39 is 0 Å². The van der Waals surface area contributed by atoms with E-state index in [1.54, 1.807) is 6.20 Å². The lowest BCUT2D eigenvalue weighted by atomic mass is 10.0. The summed E-state index contributed by atoms with van der Waals surface area (Å²) in [5.41, 5.74) is 5.06. The Bertz CT molecular complexity index is 1320. The number of anilines is 1. The van der Waals surface area contributed by atoms with E-state index in [2.05, 4.69) is 74.6 Å². The highest BCUT2D eigenvalue weighted by Crippen LogP contribution is 2.39. The molecule has 0 aliphatic carbocycles. The van der Waals surface area contributed by atoms with Crippen LogP contribution in [0.2, 0.25) is 0 Å². The molecule has 0 radical (unpaired) electrons. The minimum absolute atomic E-state index is 0.0481. The van der Waals surface area contributed by atoms with Crippen LogP contribution in [0.15, 0.2) is 97.3 Å². The van der Waals surface area contributed by atoms with Crippen LogP contribution >= 0.6 is 12.2 Å². The molecule has 2 aromatic heterocycles. The number of nitrogens with zero attached hydrogens (tertiary/aromatic N) is 3. The maximum atomic E-state index is 12.7. The van der Waals surface area contributed by atoms with Gasteiger partial charge < -0.3 is 20.1 Å². The molecule has 2 atom stereocenters. The first-order valence-electron chi connectivity index (χ1n) is 11.7. The molecule has 0 spiro atoms. The average molecular weight is 482 g/mol. The molecule has 35 heavy (non-hydrogen) atoms. The summed E-state index contributed by atoms with van der Waals surface area (Å²) in [5.74, 6) is -0.0481. The first kappa shape index (κ1) is 22.8. The SMILES string of the molecule is Cc1cccc(-n2cccc2[C@H]2[C@H](c3ccccn3)NC(=S)N2CCC(=O)Nc2ccccc2)c1. The number of hydrogen-bond acceptors (Lipinski definition) is 3. The fourth-order valence-corrected chi connectivity index (χ4v) is 4.91. The number of nitrogens with one attached hydrogen (secondary N) is 2. The van der Waals surface area contributed by atoms with Crippen molar-refractivity contribution in [2.75, 3.05) is 11.9 Å². The Balaban J connectivity index is 1.45. The topological polar surface area (TPSA) is 62.2 Å². The smallest absolute Gasteiger partial charge is 0.226 e. The standard InChI is InChI=1S/C28H27N5OS/c1-20-9-7-12-22(19-20)32-17-8-14-24(32)27-26(23-13-5-6-16-29-23)31-28(35)33(27)18-15-25(34)30-21-10-3-2-4-11-21/h2-14,16-17,19,26-27H,15,18H2,1H3,(H,30,34)(H,31,35)/t26-,27-/m0/s1. The Hall–Kier alpha value is -3.97. The number of thiocarbonyl (C=S) groups is 1. The van der Waals surface area contributed by atoms with Crippen LogP contribution in [0.3, 0.4) is 0 Å². The molecule has 1 saturated heterocycles. The van der Waals surface area contributed by atoms with Crippen molar-refractivity contribution in [1.82, 2.24) is 19.8 Å². The van der Waals surface area contributed by atoms with Crippen molar-refractivity contribution in [3.8, 4) is 5.69 Å². The summed E-state index contributed by atoms with van der Waals surface area (Å²) in [6.45, 7) is 2.57. The highest BCUT2D eigenvalue weighted by Gasteiger charge is 2.41. The van der Waals surface area contributed by atoms with Gasteiger partial charge in [-0.1, -0.05) is 36.4 Å². The van der Waals surface area contributed by atoms with Crippen molar-refractivity contribution in [3.63, 3.8) is 0 Å². The van der Waals surface area contributed by atoms with Crippen molar-refractivity contribution < 1.29 is 4.79 Å². The van der Waals surface area contributed by atoms with Crippen molar-refractivity contribution >= 4 is 28.9 Å². The molecule has 6 nitrogen and oxygen atoms in total. The number of benzene rings is 2. The third kappa shape index (κ3) is 4.95. The Morgan fingerprint density at radius 3 is 2.63 bits per heavy atom. The Labute approximate surface area is 210 Å². The largest absolute Gasteiger partial charge is 0.352 e. The third-order valence-electron chi connectivity index (χ3n) is 6.20. The predicted molar refractivity (Wildman–Crippen MR) is 142 cm³/mol. The minimum atomic E-state index is -0.139. The highest BCUT2D eigenvalue weighted by atomic mass is 32.1. The van der Waals surface area contributed by atoms with E-state index in [-0.39, 0.29) is 18.0 Å². The quantitative estimate of drug-likeness (QED) is 0.356. The maximum absolute atomic E-state index is 12.7. The molecule has 0 bridgehead atoms. The van der Waals surface area contributed by atoms with Crippen LogP contribution in [0.25, 0.3) is 5.69 Å². The van der Waals surface area contributed by atoms with Crippen LogP contribution < -0.4 is 10.6 Å². The van der Waals surface area contributed by atoms with Gasteiger partial charge in [-0.3, -0.25) is 9.78 Å². The fraction of sp³-hybridized carbons (Fsp3) is 0.179. The second-order valence-corrected chi connectivity index (χ2v) is 9.01. The molecule has 1 amide bonds. The van der Waals surface area contributed by atoms with E-state index >= 15 is 0 Å².